The third-order valence-corrected chi connectivity index (χ3v) is 5.41. The summed E-state index contributed by atoms with van der Waals surface area (Å²) in [6.07, 6.45) is 0.555. The fourth-order valence-corrected chi connectivity index (χ4v) is 3.01. The summed E-state index contributed by atoms with van der Waals surface area (Å²) >= 11 is 0. The van der Waals surface area contributed by atoms with Gasteiger partial charge in [-0.25, -0.2) is 12.7 Å². The van der Waals surface area contributed by atoms with E-state index in [-0.39, 0.29) is 25.9 Å². The minimum absolute atomic E-state index is 0.164. The molecule has 0 radical (unpaired) electrons. The van der Waals surface area contributed by atoms with E-state index >= 15 is 0 Å². The zero-order valence-corrected chi connectivity index (χ0v) is 10.7. The summed E-state index contributed by atoms with van der Waals surface area (Å²) in [5.41, 5.74) is -0.859. The Kier molecular flexibility index (Phi) is 3.79. The van der Waals surface area contributed by atoms with Crippen LogP contribution >= 0.6 is 0 Å². The van der Waals surface area contributed by atoms with E-state index in [4.69, 9.17) is 10.4 Å². The van der Waals surface area contributed by atoms with Crippen LogP contribution in [0, 0.1) is 16.7 Å². The van der Waals surface area contributed by atoms with Gasteiger partial charge in [0.2, 0.25) is 10.0 Å². The molecule has 1 aliphatic heterocycles. The van der Waals surface area contributed by atoms with Crippen LogP contribution in [0.3, 0.4) is 0 Å². The first-order chi connectivity index (χ1) is 7.74. The van der Waals surface area contributed by atoms with Crippen molar-refractivity contribution in [2.24, 2.45) is 5.41 Å². The second-order valence-corrected chi connectivity index (χ2v) is 6.83. The molecule has 0 saturated carbocycles. The van der Waals surface area contributed by atoms with Crippen LogP contribution in [0.5, 0.6) is 0 Å². The molecule has 7 heteroatoms. The Morgan fingerprint density at radius 3 is 2.29 bits per heavy atom. The van der Waals surface area contributed by atoms with Crippen molar-refractivity contribution >= 4 is 16.0 Å². The van der Waals surface area contributed by atoms with Crippen molar-refractivity contribution in [2.45, 2.75) is 31.9 Å². The van der Waals surface area contributed by atoms with Crippen molar-refractivity contribution in [1.29, 1.82) is 5.26 Å². The maximum atomic E-state index is 11.9. The number of hydrogen-bond acceptors (Lipinski definition) is 4. The fourth-order valence-electron chi connectivity index (χ4n) is 1.74. The molecule has 1 unspecified atom stereocenters. The van der Waals surface area contributed by atoms with Gasteiger partial charge in [0.15, 0.2) is 5.25 Å². The number of hydrogen-bond donors (Lipinski definition) is 1. The second kappa shape index (κ2) is 4.63. The van der Waals surface area contributed by atoms with E-state index in [1.54, 1.807) is 13.0 Å². The van der Waals surface area contributed by atoms with Gasteiger partial charge in [0.1, 0.15) is 0 Å². The van der Waals surface area contributed by atoms with Crippen molar-refractivity contribution in [3.05, 3.63) is 0 Å². The van der Waals surface area contributed by atoms with Crippen LogP contribution in [-0.4, -0.2) is 42.1 Å². The molecule has 0 bridgehead atoms. The van der Waals surface area contributed by atoms with E-state index in [2.05, 4.69) is 0 Å². The van der Waals surface area contributed by atoms with Gasteiger partial charge in [0, 0.05) is 13.1 Å². The number of nitriles is 1. The Morgan fingerprint density at radius 1 is 1.47 bits per heavy atom. The molecule has 6 nitrogen and oxygen atoms in total. The minimum atomic E-state index is -3.61. The number of sulfonamides is 1. The van der Waals surface area contributed by atoms with Crippen LogP contribution in [-0.2, 0) is 14.8 Å². The summed E-state index contributed by atoms with van der Waals surface area (Å²) in [7, 11) is -3.61. The van der Waals surface area contributed by atoms with Crippen molar-refractivity contribution in [1.82, 2.24) is 4.31 Å². The summed E-state index contributed by atoms with van der Waals surface area (Å²) in [4.78, 5) is 11.0. The number of nitrogens with zero attached hydrogens (tertiary/aromatic N) is 2. The van der Waals surface area contributed by atoms with Crippen LogP contribution in [0.4, 0.5) is 0 Å². The van der Waals surface area contributed by atoms with Gasteiger partial charge in [0.25, 0.3) is 0 Å². The first kappa shape index (κ1) is 13.9. The van der Waals surface area contributed by atoms with Crippen molar-refractivity contribution in [2.75, 3.05) is 13.1 Å². The summed E-state index contributed by atoms with van der Waals surface area (Å²) < 4.78 is 24.9. The van der Waals surface area contributed by atoms with E-state index in [9.17, 15) is 13.2 Å². The largest absolute Gasteiger partial charge is 0.481 e. The van der Waals surface area contributed by atoms with Gasteiger partial charge in [-0.2, -0.15) is 5.26 Å². The van der Waals surface area contributed by atoms with Gasteiger partial charge in [-0.3, -0.25) is 4.79 Å². The van der Waals surface area contributed by atoms with Gasteiger partial charge in [-0.1, -0.05) is 0 Å². The summed E-state index contributed by atoms with van der Waals surface area (Å²) in [5.74, 6) is -0.900. The third kappa shape index (κ3) is 2.58. The normalized spacial score (nSPS) is 22.6. The van der Waals surface area contributed by atoms with E-state index in [0.29, 0.717) is 0 Å². The first-order valence-corrected chi connectivity index (χ1v) is 6.86. The zero-order chi connectivity index (χ0) is 13.3. The molecular weight excluding hydrogens is 244 g/mol. The summed E-state index contributed by atoms with van der Waals surface area (Å²) in [6, 6.07) is 1.70. The number of carboxylic acids is 1. The zero-order valence-electron chi connectivity index (χ0n) is 9.88. The van der Waals surface area contributed by atoms with Gasteiger partial charge in [-0.05, 0) is 26.7 Å². The van der Waals surface area contributed by atoms with Crippen LogP contribution in [0.2, 0.25) is 0 Å². The monoisotopic (exact) mass is 260 g/mol. The van der Waals surface area contributed by atoms with Gasteiger partial charge < -0.3 is 5.11 Å². The predicted octanol–water partition coefficient (Wildman–Crippen LogP) is 0.415. The molecule has 1 aliphatic rings. The van der Waals surface area contributed by atoms with Crippen molar-refractivity contribution in [3.8, 4) is 6.07 Å². The Bertz CT molecular complexity index is 443. The molecule has 1 rings (SSSR count). The maximum Gasteiger partial charge on any atom is 0.309 e. The number of piperidine rings is 1. The van der Waals surface area contributed by atoms with E-state index in [1.807, 2.05) is 0 Å². The summed E-state index contributed by atoms with van der Waals surface area (Å²) in [5, 5.41) is 16.6. The second-order valence-electron chi connectivity index (χ2n) is 4.58. The molecule has 0 amide bonds. The maximum absolute atomic E-state index is 11.9. The fraction of sp³-hybridized carbons (Fsp3) is 0.800. The van der Waals surface area contributed by atoms with Crippen molar-refractivity contribution in [3.63, 3.8) is 0 Å². The Balaban J connectivity index is 2.78. The van der Waals surface area contributed by atoms with E-state index < -0.39 is 26.7 Å². The number of carboxylic acid groups (broad SMARTS) is 1. The highest BCUT2D eigenvalue weighted by Gasteiger charge is 2.41. The lowest BCUT2D eigenvalue weighted by atomic mass is 9.81. The van der Waals surface area contributed by atoms with Gasteiger partial charge in [0.05, 0.1) is 11.5 Å². The molecule has 96 valence electrons. The smallest absolute Gasteiger partial charge is 0.309 e. The van der Waals surface area contributed by atoms with Crippen molar-refractivity contribution < 1.29 is 18.3 Å². The van der Waals surface area contributed by atoms with Crippen LogP contribution in [0.15, 0.2) is 0 Å². The molecule has 1 saturated heterocycles. The van der Waals surface area contributed by atoms with E-state index in [0.717, 1.165) is 0 Å². The average molecular weight is 260 g/mol. The Hall–Kier alpha value is -1.13. The molecule has 0 aromatic heterocycles. The highest BCUT2D eigenvalue weighted by Crippen LogP contribution is 2.32. The molecule has 0 aromatic carbocycles. The summed E-state index contributed by atoms with van der Waals surface area (Å²) in [6.45, 7) is 3.28. The van der Waals surface area contributed by atoms with Gasteiger partial charge >= 0.3 is 5.97 Å². The number of carbonyl (C=O) groups is 1. The molecule has 17 heavy (non-hydrogen) atoms. The topological polar surface area (TPSA) is 98.5 Å². The quantitative estimate of drug-likeness (QED) is 0.792. The highest BCUT2D eigenvalue weighted by atomic mass is 32.2. The molecule has 1 fully saturated rings. The standard InChI is InChI=1S/C10H16N2O4S/c1-8(7-11)17(15,16)12-5-3-10(2,4-6-12)9(13)14/h8H,3-6H2,1-2H3,(H,13,14). The highest BCUT2D eigenvalue weighted by molar-refractivity contribution is 7.89. The molecule has 1 atom stereocenters. The first-order valence-electron chi connectivity index (χ1n) is 5.36. The molecule has 1 N–H and O–H groups in total. The Labute approximate surface area is 101 Å². The van der Waals surface area contributed by atoms with Crippen LogP contribution < -0.4 is 0 Å². The molecular formula is C10H16N2O4S. The number of aliphatic carboxylic acids is 1. The Morgan fingerprint density at radius 2 is 1.94 bits per heavy atom. The minimum Gasteiger partial charge on any atom is -0.481 e. The third-order valence-electron chi connectivity index (χ3n) is 3.33. The lowest BCUT2D eigenvalue weighted by Gasteiger charge is -2.36. The van der Waals surface area contributed by atoms with Crippen LogP contribution in [0.1, 0.15) is 26.7 Å². The lowest BCUT2D eigenvalue weighted by Crippen LogP contribution is -2.47. The predicted molar refractivity (Wildman–Crippen MR) is 60.5 cm³/mol. The van der Waals surface area contributed by atoms with E-state index in [1.165, 1.54) is 11.2 Å². The number of rotatable bonds is 3. The SMILES string of the molecule is CC(C#N)S(=O)(=O)N1CCC(C)(C(=O)O)CC1. The molecule has 1 heterocycles. The average Bonchev–Trinajstić information content (AvgIpc) is 2.28. The molecule has 0 spiro atoms. The van der Waals surface area contributed by atoms with Crippen LogP contribution in [0.25, 0.3) is 0 Å². The molecule has 0 aliphatic carbocycles. The lowest BCUT2D eigenvalue weighted by molar-refractivity contribution is -0.150. The molecule has 0 aromatic rings. The van der Waals surface area contributed by atoms with Gasteiger partial charge in [-0.15, -0.1) is 0 Å².